The van der Waals surface area contributed by atoms with Crippen molar-refractivity contribution in [3.8, 4) is 11.4 Å². The smallest absolute Gasteiger partial charge is 0.229 e. The van der Waals surface area contributed by atoms with E-state index in [1.54, 1.807) is 0 Å². The van der Waals surface area contributed by atoms with Gasteiger partial charge in [-0.05, 0) is 17.9 Å². The van der Waals surface area contributed by atoms with Crippen molar-refractivity contribution in [3.05, 3.63) is 35.7 Å². The van der Waals surface area contributed by atoms with Crippen molar-refractivity contribution < 1.29 is 9.63 Å². The summed E-state index contributed by atoms with van der Waals surface area (Å²) in [5, 5.41) is 13.7. The first-order valence-corrected chi connectivity index (χ1v) is 7.21. The van der Waals surface area contributed by atoms with Crippen LogP contribution in [0.3, 0.4) is 0 Å². The van der Waals surface area contributed by atoms with Crippen LogP contribution in [-0.2, 0) is 6.42 Å². The van der Waals surface area contributed by atoms with Crippen LogP contribution < -0.4 is 0 Å². The van der Waals surface area contributed by atoms with Crippen molar-refractivity contribution in [3.63, 3.8) is 0 Å². The maximum absolute atomic E-state index is 9.75. The Bertz CT molecular complexity index is 532. The van der Waals surface area contributed by atoms with Gasteiger partial charge in [-0.3, -0.25) is 0 Å². The van der Waals surface area contributed by atoms with Crippen LogP contribution in [0.15, 0.2) is 28.8 Å². The highest BCUT2D eigenvalue weighted by Gasteiger charge is 2.13. The van der Waals surface area contributed by atoms with E-state index in [1.807, 2.05) is 19.1 Å². The Balaban J connectivity index is 2.08. The summed E-state index contributed by atoms with van der Waals surface area (Å²) in [6, 6.07) is 8.18. The fourth-order valence-electron chi connectivity index (χ4n) is 2.11. The second-order valence-corrected chi connectivity index (χ2v) is 5.44. The Labute approximate surface area is 119 Å². The van der Waals surface area contributed by atoms with Gasteiger partial charge in [0.25, 0.3) is 0 Å². The lowest BCUT2D eigenvalue weighted by Crippen LogP contribution is -2.09. The lowest BCUT2D eigenvalue weighted by Gasteiger charge is -2.05. The molecule has 1 atom stereocenters. The van der Waals surface area contributed by atoms with Crippen LogP contribution in [0.5, 0.6) is 0 Å². The maximum Gasteiger partial charge on any atom is 0.229 e. The van der Waals surface area contributed by atoms with E-state index in [0.29, 0.717) is 24.1 Å². The van der Waals surface area contributed by atoms with Gasteiger partial charge in [-0.25, -0.2) is 0 Å². The molecule has 20 heavy (non-hydrogen) atoms. The number of aliphatic hydroxyl groups is 1. The Morgan fingerprint density at radius 3 is 2.50 bits per heavy atom. The zero-order chi connectivity index (χ0) is 14.5. The van der Waals surface area contributed by atoms with Gasteiger partial charge >= 0.3 is 0 Å². The molecule has 0 amide bonds. The molecule has 0 aliphatic heterocycles. The summed E-state index contributed by atoms with van der Waals surface area (Å²) >= 11 is 0. The number of aromatic nitrogens is 2. The highest BCUT2D eigenvalue weighted by atomic mass is 16.5. The van der Waals surface area contributed by atoms with Crippen LogP contribution in [0, 0.1) is 0 Å². The molecule has 4 nitrogen and oxygen atoms in total. The molecule has 0 bridgehead atoms. The molecule has 1 unspecified atom stereocenters. The average Bonchev–Trinajstić information content (AvgIpc) is 2.87. The van der Waals surface area contributed by atoms with Crippen molar-refractivity contribution in [2.45, 2.75) is 52.1 Å². The van der Waals surface area contributed by atoms with E-state index in [0.717, 1.165) is 18.4 Å². The number of rotatable bonds is 6. The average molecular weight is 274 g/mol. The van der Waals surface area contributed by atoms with Crippen molar-refractivity contribution >= 4 is 0 Å². The van der Waals surface area contributed by atoms with E-state index in [2.05, 4.69) is 36.1 Å². The Hall–Kier alpha value is -1.68. The first kappa shape index (κ1) is 14.7. The maximum atomic E-state index is 9.75. The number of nitrogens with zero attached hydrogens (tertiary/aromatic N) is 2. The molecule has 1 heterocycles. The van der Waals surface area contributed by atoms with Crippen molar-refractivity contribution in [2.75, 3.05) is 0 Å². The molecule has 0 aliphatic rings. The fourth-order valence-corrected chi connectivity index (χ4v) is 2.11. The second-order valence-electron chi connectivity index (χ2n) is 5.44. The van der Waals surface area contributed by atoms with Gasteiger partial charge in [0, 0.05) is 5.56 Å². The summed E-state index contributed by atoms with van der Waals surface area (Å²) < 4.78 is 5.19. The van der Waals surface area contributed by atoms with Gasteiger partial charge < -0.3 is 9.63 Å². The first-order chi connectivity index (χ1) is 9.60. The van der Waals surface area contributed by atoms with Crippen molar-refractivity contribution in [1.82, 2.24) is 10.1 Å². The molecule has 0 saturated heterocycles. The highest BCUT2D eigenvalue weighted by Crippen LogP contribution is 2.20. The summed E-state index contributed by atoms with van der Waals surface area (Å²) in [6.45, 7) is 6.37. The second kappa shape index (κ2) is 6.66. The predicted molar refractivity (Wildman–Crippen MR) is 78.4 cm³/mol. The lowest BCUT2D eigenvalue weighted by atomic mass is 10.0. The van der Waals surface area contributed by atoms with E-state index >= 15 is 0 Å². The van der Waals surface area contributed by atoms with Crippen LogP contribution in [0.25, 0.3) is 11.4 Å². The minimum Gasteiger partial charge on any atom is -0.393 e. The quantitative estimate of drug-likeness (QED) is 0.875. The van der Waals surface area contributed by atoms with E-state index in [4.69, 9.17) is 4.52 Å². The number of hydrogen-bond donors (Lipinski definition) is 1. The first-order valence-electron chi connectivity index (χ1n) is 7.21. The Morgan fingerprint density at radius 2 is 1.90 bits per heavy atom. The highest BCUT2D eigenvalue weighted by molar-refractivity contribution is 5.54. The third-order valence-corrected chi connectivity index (χ3v) is 3.34. The topological polar surface area (TPSA) is 59.2 Å². The van der Waals surface area contributed by atoms with Crippen LogP contribution in [0.1, 0.15) is 51.0 Å². The molecule has 108 valence electrons. The van der Waals surface area contributed by atoms with Gasteiger partial charge in [0.1, 0.15) is 0 Å². The monoisotopic (exact) mass is 274 g/mol. The van der Waals surface area contributed by atoms with Gasteiger partial charge in [-0.2, -0.15) is 4.98 Å². The summed E-state index contributed by atoms with van der Waals surface area (Å²) in [5.41, 5.74) is 2.23. The van der Waals surface area contributed by atoms with E-state index in [1.165, 1.54) is 5.56 Å². The molecular formula is C16H22N2O2. The van der Waals surface area contributed by atoms with Crippen LogP contribution in [0.4, 0.5) is 0 Å². The third-order valence-electron chi connectivity index (χ3n) is 3.34. The Kier molecular flexibility index (Phi) is 4.90. The predicted octanol–water partition coefficient (Wildman–Crippen LogP) is 3.56. The minimum absolute atomic E-state index is 0.406. The molecule has 1 N–H and O–H groups in total. The molecule has 2 aromatic rings. The van der Waals surface area contributed by atoms with Gasteiger partial charge in [0.15, 0.2) is 0 Å². The summed E-state index contributed by atoms with van der Waals surface area (Å²) in [5.74, 6) is 1.59. The lowest BCUT2D eigenvalue weighted by molar-refractivity contribution is 0.152. The SMILES string of the molecule is CCCC(O)Cc1nc(-c2ccc(C(C)C)cc2)no1. The third kappa shape index (κ3) is 3.67. The normalized spacial score (nSPS) is 12.8. The molecule has 0 aliphatic carbocycles. The molecule has 1 aromatic heterocycles. The molecule has 4 heteroatoms. The number of aliphatic hydroxyl groups excluding tert-OH is 1. The zero-order valence-corrected chi connectivity index (χ0v) is 12.3. The van der Waals surface area contributed by atoms with Gasteiger partial charge in [-0.15, -0.1) is 0 Å². The molecule has 1 aromatic carbocycles. The Morgan fingerprint density at radius 1 is 1.20 bits per heavy atom. The molecule has 2 rings (SSSR count). The van der Waals surface area contributed by atoms with Gasteiger partial charge in [-0.1, -0.05) is 56.6 Å². The van der Waals surface area contributed by atoms with Crippen LogP contribution in [0.2, 0.25) is 0 Å². The molecule has 0 saturated carbocycles. The molecule has 0 spiro atoms. The number of hydrogen-bond acceptors (Lipinski definition) is 4. The van der Waals surface area contributed by atoms with E-state index in [9.17, 15) is 5.11 Å². The van der Waals surface area contributed by atoms with Crippen LogP contribution >= 0.6 is 0 Å². The van der Waals surface area contributed by atoms with E-state index in [-0.39, 0.29) is 0 Å². The molecular weight excluding hydrogens is 252 g/mol. The zero-order valence-electron chi connectivity index (χ0n) is 12.3. The number of benzene rings is 1. The van der Waals surface area contributed by atoms with E-state index < -0.39 is 6.10 Å². The van der Waals surface area contributed by atoms with Crippen LogP contribution in [-0.4, -0.2) is 21.4 Å². The summed E-state index contributed by atoms with van der Waals surface area (Å²) in [6.07, 6.45) is 1.71. The van der Waals surface area contributed by atoms with Crippen molar-refractivity contribution in [2.24, 2.45) is 0 Å². The minimum atomic E-state index is -0.406. The van der Waals surface area contributed by atoms with Crippen molar-refractivity contribution in [1.29, 1.82) is 0 Å². The molecule has 0 radical (unpaired) electrons. The fraction of sp³-hybridized carbons (Fsp3) is 0.500. The summed E-state index contributed by atoms with van der Waals surface area (Å²) in [7, 11) is 0. The van der Waals surface area contributed by atoms with Gasteiger partial charge in [0.05, 0.1) is 12.5 Å². The molecule has 0 fully saturated rings. The largest absolute Gasteiger partial charge is 0.393 e. The van der Waals surface area contributed by atoms with Gasteiger partial charge in [0.2, 0.25) is 11.7 Å². The summed E-state index contributed by atoms with van der Waals surface area (Å²) in [4.78, 5) is 4.34. The standard InChI is InChI=1S/C16H22N2O2/c1-4-5-14(19)10-15-17-16(18-20-15)13-8-6-12(7-9-13)11(2)3/h6-9,11,14,19H,4-5,10H2,1-3H3.